The first-order chi connectivity index (χ1) is 9.96. The average Bonchev–Trinajstić information content (AvgIpc) is 2.47. The third kappa shape index (κ3) is 5.13. The molecule has 1 aliphatic rings. The van der Waals surface area contributed by atoms with Crippen molar-refractivity contribution in [3.63, 3.8) is 0 Å². The molecule has 0 spiro atoms. The third-order valence-electron chi connectivity index (χ3n) is 3.75. The summed E-state index contributed by atoms with van der Waals surface area (Å²) in [5.74, 6) is 0.494. The maximum Gasteiger partial charge on any atom is 0.264 e. The molecular weight excluding hydrogens is 290 g/mol. The Morgan fingerprint density at radius 1 is 1.24 bits per heavy atom. The molecule has 0 N–H and O–H groups in total. The number of rotatable bonds is 5. The lowest BCUT2D eigenvalue weighted by molar-refractivity contribution is 0.0681. The summed E-state index contributed by atoms with van der Waals surface area (Å²) in [5.41, 5.74) is 0.719. The Balaban J connectivity index is 1.77. The van der Waals surface area contributed by atoms with Gasteiger partial charge in [0.05, 0.1) is 12.9 Å². The molecule has 5 nitrogen and oxygen atoms in total. The van der Waals surface area contributed by atoms with Gasteiger partial charge in [0.2, 0.25) is 0 Å². The Kier molecular flexibility index (Phi) is 5.36. The highest BCUT2D eigenvalue weighted by Crippen LogP contribution is 2.22. The molecular formula is C15H21NO4S. The van der Waals surface area contributed by atoms with E-state index >= 15 is 0 Å². The fourth-order valence-electron chi connectivity index (χ4n) is 2.55. The van der Waals surface area contributed by atoms with Gasteiger partial charge in [-0.05, 0) is 37.3 Å². The maximum atomic E-state index is 12.3. The second kappa shape index (κ2) is 7.04. The zero-order valence-electron chi connectivity index (χ0n) is 12.2. The Bertz CT molecular complexity index is 563. The van der Waals surface area contributed by atoms with Crippen molar-refractivity contribution >= 4 is 16.0 Å². The van der Waals surface area contributed by atoms with Crippen LogP contribution in [0, 0.1) is 5.92 Å². The van der Waals surface area contributed by atoms with E-state index in [1.807, 2.05) is 35.2 Å². The SMILES string of the molecule is CS(=O)(=O)OCCC1CCN(C(=O)c2ccccc2)CC1. The fraction of sp³-hybridized carbons (Fsp3) is 0.533. The van der Waals surface area contributed by atoms with Crippen LogP contribution in [0.1, 0.15) is 29.6 Å². The molecule has 1 aromatic carbocycles. The first-order valence-corrected chi connectivity index (χ1v) is 8.96. The summed E-state index contributed by atoms with van der Waals surface area (Å²) in [5, 5.41) is 0. The quantitative estimate of drug-likeness (QED) is 0.779. The van der Waals surface area contributed by atoms with Crippen molar-refractivity contribution in [2.24, 2.45) is 5.92 Å². The van der Waals surface area contributed by atoms with E-state index in [2.05, 4.69) is 0 Å². The van der Waals surface area contributed by atoms with Gasteiger partial charge in [-0.25, -0.2) is 0 Å². The number of hydrogen-bond acceptors (Lipinski definition) is 4. The number of benzene rings is 1. The molecule has 0 unspecified atom stereocenters. The first-order valence-electron chi connectivity index (χ1n) is 7.14. The van der Waals surface area contributed by atoms with Crippen molar-refractivity contribution in [2.45, 2.75) is 19.3 Å². The van der Waals surface area contributed by atoms with Crippen LogP contribution in [0.4, 0.5) is 0 Å². The lowest BCUT2D eigenvalue weighted by atomic mass is 9.93. The van der Waals surface area contributed by atoms with Gasteiger partial charge >= 0.3 is 0 Å². The summed E-state index contributed by atoms with van der Waals surface area (Å²) in [6, 6.07) is 9.28. The minimum atomic E-state index is -3.35. The van der Waals surface area contributed by atoms with Crippen molar-refractivity contribution in [3.8, 4) is 0 Å². The van der Waals surface area contributed by atoms with Gasteiger partial charge in [0.25, 0.3) is 16.0 Å². The highest BCUT2D eigenvalue weighted by molar-refractivity contribution is 7.85. The largest absolute Gasteiger partial charge is 0.339 e. The lowest BCUT2D eigenvalue weighted by Crippen LogP contribution is -2.38. The van der Waals surface area contributed by atoms with Gasteiger partial charge in [-0.2, -0.15) is 8.42 Å². The highest BCUT2D eigenvalue weighted by atomic mass is 32.2. The third-order valence-corrected chi connectivity index (χ3v) is 4.34. The molecule has 0 aromatic heterocycles. The van der Waals surface area contributed by atoms with Gasteiger partial charge in [-0.1, -0.05) is 18.2 Å². The number of carbonyl (C=O) groups is 1. The van der Waals surface area contributed by atoms with E-state index in [-0.39, 0.29) is 12.5 Å². The van der Waals surface area contributed by atoms with E-state index < -0.39 is 10.1 Å². The predicted octanol–water partition coefficient (Wildman–Crippen LogP) is 1.91. The van der Waals surface area contributed by atoms with E-state index in [0.29, 0.717) is 5.92 Å². The van der Waals surface area contributed by atoms with Crippen LogP contribution in [0.25, 0.3) is 0 Å². The van der Waals surface area contributed by atoms with E-state index in [4.69, 9.17) is 4.18 Å². The van der Waals surface area contributed by atoms with Crippen LogP contribution < -0.4 is 0 Å². The van der Waals surface area contributed by atoms with E-state index in [0.717, 1.165) is 44.2 Å². The van der Waals surface area contributed by atoms with E-state index in [9.17, 15) is 13.2 Å². The summed E-state index contributed by atoms with van der Waals surface area (Å²) in [7, 11) is -3.35. The van der Waals surface area contributed by atoms with Crippen LogP contribution in [0.3, 0.4) is 0 Å². The Morgan fingerprint density at radius 3 is 2.43 bits per heavy atom. The monoisotopic (exact) mass is 311 g/mol. The molecule has 6 heteroatoms. The summed E-state index contributed by atoms with van der Waals surface area (Å²) < 4.78 is 26.6. The van der Waals surface area contributed by atoms with Crippen molar-refractivity contribution < 1.29 is 17.4 Å². The van der Waals surface area contributed by atoms with Crippen LogP contribution in [-0.2, 0) is 14.3 Å². The van der Waals surface area contributed by atoms with Gasteiger partial charge in [0.15, 0.2) is 0 Å². The minimum Gasteiger partial charge on any atom is -0.339 e. The van der Waals surface area contributed by atoms with Gasteiger partial charge < -0.3 is 4.90 Å². The van der Waals surface area contributed by atoms with Crippen molar-refractivity contribution in [1.82, 2.24) is 4.90 Å². The van der Waals surface area contributed by atoms with Crippen LogP contribution >= 0.6 is 0 Å². The molecule has 0 bridgehead atoms. The lowest BCUT2D eigenvalue weighted by Gasteiger charge is -2.32. The molecule has 0 saturated carbocycles. The molecule has 1 aliphatic heterocycles. The van der Waals surface area contributed by atoms with E-state index in [1.54, 1.807) is 0 Å². The Labute approximate surface area is 126 Å². The first kappa shape index (κ1) is 16.0. The number of amides is 1. The molecule has 0 radical (unpaired) electrons. The van der Waals surface area contributed by atoms with Gasteiger partial charge in [-0.3, -0.25) is 8.98 Å². The topological polar surface area (TPSA) is 63.7 Å². The summed E-state index contributed by atoms with van der Waals surface area (Å²) in [6.45, 7) is 1.67. The summed E-state index contributed by atoms with van der Waals surface area (Å²) in [6.07, 6.45) is 3.58. The molecule has 0 aliphatic carbocycles. The molecule has 1 amide bonds. The zero-order valence-corrected chi connectivity index (χ0v) is 13.0. The van der Waals surface area contributed by atoms with Crippen molar-refractivity contribution in [2.75, 3.05) is 26.0 Å². The maximum absolute atomic E-state index is 12.3. The van der Waals surface area contributed by atoms with Gasteiger partial charge in [0.1, 0.15) is 0 Å². The molecule has 2 rings (SSSR count). The predicted molar refractivity (Wildman–Crippen MR) is 80.5 cm³/mol. The molecule has 1 heterocycles. The second-order valence-electron chi connectivity index (χ2n) is 5.42. The highest BCUT2D eigenvalue weighted by Gasteiger charge is 2.23. The number of nitrogens with zero attached hydrogens (tertiary/aromatic N) is 1. The molecule has 21 heavy (non-hydrogen) atoms. The zero-order chi connectivity index (χ0) is 15.3. The molecule has 0 atom stereocenters. The normalized spacial score (nSPS) is 16.9. The summed E-state index contributed by atoms with van der Waals surface area (Å²) in [4.78, 5) is 14.1. The minimum absolute atomic E-state index is 0.0708. The number of piperidine rings is 1. The number of likely N-dealkylation sites (tertiary alicyclic amines) is 1. The van der Waals surface area contributed by atoms with E-state index in [1.165, 1.54) is 0 Å². The van der Waals surface area contributed by atoms with Gasteiger partial charge in [-0.15, -0.1) is 0 Å². The molecule has 1 fully saturated rings. The summed E-state index contributed by atoms with van der Waals surface area (Å²) >= 11 is 0. The van der Waals surface area contributed by atoms with Crippen LogP contribution in [0.5, 0.6) is 0 Å². The Morgan fingerprint density at radius 2 is 1.86 bits per heavy atom. The fourth-order valence-corrected chi connectivity index (χ4v) is 2.95. The van der Waals surface area contributed by atoms with Crippen LogP contribution in [-0.4, -0.2) is 45.2 Å². The molecule has 116 valence electrons. The standard InChI is InChI=1S/C15H21NO4S/c1-21(18,19)20-12-9-13-7-10-16(11-8-13)15(17)14-5-3-2-4-6-14/h2-6,13H,7-12H2,1H3. The van der Waals surface area contributed by atoms with Crippen LogP contribution in [0.2, 0.25) is 0 Å². The van der Waals surface area contributed by atoms with Crippen LogP contribution in [0.15, 0.2) is 30.3 Å². The second-order valence-corrected chi connectivity index (χ2v) is 7.06. The molecule has 1 aromatic rings. The van der Waals surface area contributed by atoms with Gasteiger partial charge in [0, 0.05) is 18.7 Å². The molecule has 1 saturated heterocycles. The number of carbonyl (C=O) groups excluding carboxylic acids is 1. The van der Waals surface area contributed by atoms with Crippen molar-refractivity contribution in [1.29, 1.82) is 0 Å². The average molecular weight is 311 g/mol. The Hall–Kier alpha value is -1.40. The smallest absolute Gasteiger partial charge is 0.264 e. The number of hydrogen-bond donors (Lipinski definition) is 0. The van der Waals surface area contributed by atoms with Crippen molar-refractivity contribution in [3.05, 3.63) is 35.9 Å².